The topological polar surface area (TPSA) is 122 Å². The lowest BCUT2D eigenvalue weighted by atomic mass is 10.1. The first kappa shape index (κ1) is 18.5. The number of carbonyl (C=O) groups excluding carboxylic acids is 1. The second-order valence-electron chi connectivity index (χ2n) is 6.85. The third kappa shape index (κ3) is 3.91. The van der Waals surface area contributed by atoms with E-state index in [2.05, 4.69) is 20.5 Å². The molecule has 4 N–H and O–H groups in total. The number of rotatable bonds is 5. The Morgan fingerprint density at radius 1 is 1.21 bits per heavy atom. The number of benzene rings is 2. The summed E-state index contributed by atoms with van der Waals surface area (Å²) in [6, 6.07) is 17.0. The molecule has 0 saturated carbocycles. The van der Waals surface area contributed by atoms with Crippen molar-refractivity contribution in [3.8, 4) is 0 Å². The molecule has 0 bridgehead atoms. The summed E-state index contributed by atoms with van der Waals surface area (Å²) in [5.74, 6) is 0.363. The number of amides is 1. The van der Waals surface area contributed by atoms with Crippen LogP contribution in [0.5, 0.6) is 0 Å². The van der Waals surface area contributed by atoms with E-state index >= 15 is 0 Å². The highest BCUT2D eigenvalue weighted by molar-refractivity contribution is 6.13. The van der Waals surface area contributed by atoms with Gasteiger partial charge in [0.05, 0.1) is 18.1 Å². The molecule has 1 atom stereocenters. The van der Waals surface area contributed by atoms with E-state index in [-0.39, 0.29) is 11.7 Å². The molecule has 1 aromatic heterocycles. The average molecular weight is 387 g/mol. The van der Waals surface area contributed by atoms with Gasteiger partial charge in [0, 0.05) is 6.42 Å². The number of anilines is 1. The average Bonchev–Trinajstić information content (AvgIpc) is 3.16. The van der Waals surface area contributed by atoms with Crippen LogP contribution < -0.4 is 10.2 Å². The number of amidine groups is 1. The molecule has 3 aromatic rings. The Morgan fingerprint density at radius 2 is 1.97 bits per heavy atom. The zero-order valence-corrected chi connectivity index (χ0v) is 15.7. The van der Waals surface area contributed by atoms with Crippen LogP contribution >= 0.6 is 0 Å². The van der Waals surface area contributed by atoms with Crippen LogP contribution in [0.3, 0.4) is 0 Å². The summed E-state index contributed by atoms with van der Waals surface area (Å²) < 4.78 is 0. The molecular formula is C21H21N7O. The molecule has 146 valence electrons. The Labute approximate surface area is 168 Å². The Bertz CT molecular complexity index is 1040. The van der Waals surface area contributed by atoms with E-state index in [0.29, 0.717) is 25.1 Å². The van der Waals surface area contributed by atoms with E-state index in [9.17, 15) is 4.79 Å². The molecule has 1 amide bonds. The molecule has 8 heteroatoms. The zero-order valence-electron chi connectivity index (χ0n) is 15.7. The molecule has 0 saturated heterocycles. The van der Waals surface area contributed by atoms with Crippen molar-refractivity contribution in [1.29, 1.82) is 10.8 Å². The minimum atomic E-state index is -0.535. The van der Waals surface area contributed by atoms with Crippen molar-refractivity contribution in [3.05, 3.63) is 77.4 Å². The van der Waals surface area contributed by atoms with E-state index in [1.165, 1.54) is 4.90 Å². The van der Waals surface area contributed by atoms with Crippen molar-refractivity contribution in [3.63, 3.8) is 0 Å². The number of para-hydroxylation sites is 1. The maximum Gasteiger partial charge on any atom is 0.291 e. The molecule has 29 heavy (non-hydrogen) atoms. The number of aryl methyl sites for hydroxylation is 1. The smallest absolute Gasteiger partial charge is 0.291 e. The lowest BCUT2D eigenvalue weighted by Crippen LogP contribution is -2.47. The van der Waals surface area contributed by atoms with E-state index in [0.717, 1.165) is 23.2 Å². The molecule has 1 aliphatic rings. The van der Waals surface area contributed by atoms with Crippen molar-refractivity contribution in [1.82, 2.24) is 20.5 Å². The maximum atomic E-state index is 12.7. The number of H-pyrrole nitrogens is 1. The van der Waals surface area contributed by atoms with Gasteiger partial charge in [-0.25, -0.2) is 4.98 Å². The van der Waals surface area contributed by atoms with Crippen molar-refractivity contribution < 1.29 is 4.79 Å². The fraction of sp³-hybridized carbons (Fsp3) is 0.190. The molecule has 0 fully saturated rings. The lowest BCUT2D eigenvalue weighted by Gasteiger charge is -2.24. The molecule has 4 rings (SSSR count). The fourth-order valence-electron chi connectivity index (χ4n) is 3.46. The number of nitrogens with zero attached hydrogens (tertiary/aromatic N) is 3. The van der Waals surface area contributed by atoms with Crippen molar-refractivity contribution in [2.45, 2.75) is 25.3 Å². The highest BCUT2D eigenvalue weighted by atomic mass is 16.2. The predicted molar refractivity (Wildman–Crippen MR) is 111 cm³/mol. The summed E-state index contributed by atoms with van der Waals surface area (Å²) >= 11 is 0. The third-order valence-electron chi connectivity index (χ3n) is 4.93. The summed E-state index contributed by atoms with van der Waals surface area (Å²) in [6.07, 6.45) is 2.92. The Balaban J connectivity index is 1.47. The van der Waals surface area contributed by atoms with Gasteiger partial charge in [0.25, 0.3) is 5.91 Å². The molecule has 0 unspecified atom stereocenters. The van der Waals surface area contributed by atoms with Gasteiger partial charge in [-0.3, -0.25) is 25.6 Å². The van der Waals surface area contributed by atoms with Gasteiger partial charge < -0.3 is 5.32 Å². The van der Waals surface area contributed by atoms with Gasteiger partial charge in [0.1, 0.15) is 11.7 Å². The van der Waals surface area contributed by atoms with Gasteiger partial charge in [-0.1, -0.05) is 48.5 Å². The Morgan fingerprint density at radius 3 is 2.76 bits per heavy atom. The number of aromatic nitrogens is 3. The number of hydrogen-bond donors (Lipinski definition) is 4. The number of hydrogen-bond acceptors (Lipinski definition) is 5. The van der Waals surface area contributed by atoms with Crippen molar-refractivity contribution in [2.24, 2.45) is 0 Å². The van der Waals surface area contributed by atoms with Crippen LogP contribution in [-0.2, 0) is 12.8 Å². The molecule has 0 aliphatic carbocycles. The molecule has 0 spiro atoms. The van der Waals surface area contributed by atoms with Gasteiger partial charge in [-0.05, 0) is 30.0 Å². The second kappa shape index (κ2) is 8.05. The number of fused-ring (bicyclic) bond motifs is 1. The van der Waals surface area contributed by atoms with Crippen LogP contribution in [0, 0.1) is 10.8 Å². The first-order chi connectivity index (χ1) is 14.2. The number of nitrogens with one attached hydrogen (secondary N) is 4. The SMILES string of the molecule is N=CN1C(=N)[C@@H](NC(=O)c2n[nH]c(Cc3ccccc3)n2)CCc2ccccc21. The summed E-state index contributed by atoms with van der Waals surface area (Å²) in [5.41, 5.74) is 2.91. The minimum Gasteiger partial charge on any atom is -0.339 e. The van der Waals surface area contributed by atoms with Gasteiger partial charge in [0.15, 0.2) is 0 Å². The van der Waals surface area contributed by atoms with Crippen LogP contribution in [0.25, 0.3) is 0 Å². The van der Waals surface area contributed by atoms with Crippen LogP contribution in [0.15, 0.2) is 54.6 Å². The molecule has 1 aliphatic heterocycles. The Kier molecular flexibility index (Phi) is 5.15. The lowest BCUT2D eigenvalue weighted by molar-refractivity contribution is 0.0935. The van der Waals surface area contributed by atoms with Crippen LogP contribution in [-0.4, -0.2) is 39.3 Å². The molecule has 8 nitrogen and oxygen atoms in total. The monoisotopic (exact) mass is 387 g/mol. The molecule has 0 radical (unpaired) electrons. The molecule has 2 heterocycles. The summed E-state index contributed by atoms with van der Waals surface area (Å²) in [6.45, 7) is 0. The van der Waals surface area contributed by atoms with E-state index in [4.69, 9.17) is 10.8 Å². The van der Waals surface area contributed by atoms with Crippen LogP contribution in [0.2, 0.25) is 0 Å². The number of aromatic amines is 1. The van der Waals surface area contributed by atoms with Gasteiger partial charge in [0.2, 0.25) is 5.82 Å². The fourth-order valence-corrected chi connectivity index (χ4v) is 3.46. The zero-order chi connectivity index (χ0) is 20.2. The molecule has 2 aromatic carbocycles. The first-order valence-corrected chi connectivity index (χ1v) is 9.38. The quantitative estimate of drug-likeness (QED) is 0.397. The standard InChI is InChI=1S/C21H21N7O/c22-13-28-17-9-5-4-8-15(17)10-11-16(19(28)23)24-21(29)20-25-18(26-27-20)12-14-6-2-1-3-7-14/h1-9,13,16,22-23H,10-12H2,(H,24,29)(H,25,26,27)/t16-/m0/s1. The number of carbonyl (C=O) groups is 1. The second-order valence-corrected chi connectivity index (χ2v) is 6.85. The van der Waals surface area contributed by atoms with Crippen molar-refractivity contribution >= 4 is 23.8 Å². The summed E-state index contributed by atoms with van der Waals surface area (Å²) in [7, 11) is 0. The third-order valence-corrected chi connectivity index (χ3v) is 4.93. The van der Waals surface area contributed by atoms with E-state index in [1.54, 1.807) is 0 Å². The van der Waals surface area contributed by atoms with E-state index in [1.807, 2.05) is 54.6 Å². The van der Waals surface area contributed by atoms with Gasteiger partial charge >= 0.3 is 0 Å². The van der Waals surface area contributed by atoms with Crippen LogP contribution in [0.1, 0.15) is 34.0 Å². The normalized spacial score (nSPS) is 16.1. The van der Waals surface area contributed by atoms with Gasteiger partial charge in [-0.15, -0.1) is 5.10 Å². The summed E-state index contributed by atoms with van der Waals surface area (Å²) in [4.78, 5) is 18.5. The van der Waals surface area contributed by atoms with Crippen LogP contribution in [0.4, 0.5) is 5.69 Å². The Hall–Kier alpha value is -3.81. The highest BCUT2D eigenvalue weighted by Gasteiger charge is 2.28. The van der Waals surface area contributed by atoms with E-state index < -0.39 is 11.9 Å². The van der Waals surface area contributed by atoms with Gasteiger partial charge in [-0.2, -0.15) is 0 Å². The summed E-state index contributed by atoms with van der Waals surface area (Å²) in [5, 5.41) is 25.9. The van der Waals surface area contributed by atoms with Crippen molar-refractivity contribution in [2.75, 3.05) is 4.90 Å². The largest absolute Gasteiger partial charge is 0.339 e. The molecular weight excluding hydrogens is 366 g/mol. The minimum absolute atomic E-state index is 0.0481. The highest BCUT2D eigenvalue weighted by Crippen LogP contribution is 2.26. The predicted octanol–water partition coefficient (Wildman–Crippen LogP) is 2.53. The first-order valence-electron chi connectivity index (χ1n) is 9.38. The maximum absolute atomic E-state index is 12.7.